The molecule has 0 amide bonds. The summed E-state index contributed by atoms with van der Waals surface area (Å²) in [5.74, 6) is 3.32. The number of aryl methyl sites for hydroxylation is 1. The van der Waals surface area contributed by atoms with Crippen molar-refractivity contribution in [3.8, 4) is 0 Å². The highest BCUT2D eigenvalue weighted by Crippen LogP contribution is 2.47. The van der Waals surface area contributed by atoms with Crippen molar-refractivity contribution in [3.63, 3.8) is 0 Å². The highest BCUT2D eigenvalue weighted by atomic mass is 16.5. The average molecular weight is 382 g/mol. The molecule has 1 aliphatic carbocycles. The molecule has 28 heavy (non-hydrogen) atoms. The molecule has 4 rings (SSSR count). The van der Waals surface area contributed by atoms with Crippen molar-refractivity contribution in [2.75, 3.05) is 39.3 Å². The zero-order chi connectivity index (χ0) is 19.3. The minimum absolute atomic E-state index is 0.688. The Morgan fingerprint density at radius 3 is 2.68 bits per heavy atom. The van der Waals surface area contributed by atoms with Gasteiger partial charge in [0.1, 0.15) is 5.76 Å². The first-order valence-electron chi connectivity index (χ1n) is 10.5. The van der Waals surface area contributed by atoms with E-state index >= 15 is 0 Å². The Kier molecular flexibility index (Phi) is 5.95. The van der Waals surface area contributed by atoms with E-state index in [1.54, 1.807) is 0 Å². The lowest BCUT2D eigenvalue weighted by atomic mass is 10.1. The number of hydrogen-bond acceptors (Lipinski definition) is 4. The second-order valence-electron chi connectivity index (χ2n) is 7.90. The van der Waals surface area contributed by atoms with E-state index in [0.29, 0.717) is 11.8 Å². The Labute approximate surface area is 167 Å². The summed E-state index contributed by atoms with van der Waals surface area (Å²) in [6, 6.07) is 12.9. The molecule has 1 aromatic carbocycles. The molecule has 150 valence electrons. The molecule has 1 aromatic heterocycles. The van der Waals surface area contributed by atoms with Gasteiger partial charge in [0, 0.05) is 51.9 Å². The number of nitrogens with one attached hydrogen (secondary N) is 1. The Bertz CT molecular complexity index is 779. The molecule has 0 bridgehead atoms. The van der Waals surface area contributed by atoms with Crippen molar-refractivity contribution >= 4 is 5.96 Å². The second kappa shape index (κ2) is 8.78. The highest BCUT2D eigenvalue weighted by molar-refractivity contribution is 5.80. The summed E-state index contributed by atoms with van der Waals surface area (Å²) in [7, 11) is 0. The molecular formula is C22H31N5O. The van der Waals surface area contributed by atoms with Crippen LogP contribution in [0.4, 0.5) is 0 Å². The number of hydrogen-bond donors (Lipinski definition) is 1. The average Bonchev–Trinajstić information content (AvgIpc) is 3.39. The van der Waals surface area contributed by atoms with E-state index in [2.05, 4.69) is 57.5 Å². The number of piperazine rings is 1. The molecule has 1 saturated heterocycles. The van der Waals surface area contributed by atoms with Crippen molar-refractivity contribution in [1.29, 1.82) is 0 Å². The van der Waals surface area contributed by atoms with Crippen LogP contribution in [0.1, 0.15) is 36.3 Å². The third-order valence-electron chi connectivity index (χ3n) is 5.69. The number of aromatic nitrogens is 1. The van der Waals surface area contributed by atoms with Crippen LogP contribution in [0.25, 0.3) is 0 Å². The third-order valence-corrected chi connectivity index (χ3v) is 5.69. The number of rotatable bonds is 6. The lowest BCUT2D eigenvalue weighted by Gasteiger charge is -2.36. The normalized spacial score (nSPS) is 23.1. The molecule has 2 aromatic rings. The monoisotopic (exact) mass is 381 g/mol. The molecule has 2 atom stereocenters. The first kappa shape index (κ1) is 19.0. The maximum Gasteiger partial charge on any atom is 0.194 e. The van der Waals surface area contributed by atoms with Gasteiger partial charge >= 0.3 is 0 Å². The van der Waals surface area contributed by atoms with Gasteiger partial charge in [-0.1, -0.05) is 35.5 Å². The van der Waals surface area contributed by atoms with Crippen LogP contribution in [0.2, 0.25) is 0 Å². The molecule has 1 saturated carbocycles. The SMILES string of the molecule is CCNC(=NCC1CC1c1ccccc1)N1CCN(Cc2cc(C)on2)CC1. The Morgan fingerprint density at radius 2 is 2.00 bits per heavy atom. The largest absolute Gasteiger partial charge is 0.361 e. The van der Waals surface area contributed by atoms with Crippen LogP contribution in [0.15, 0.2) is 45.9 Å². The van der Waals surface area contributed by atoms with Gasteiger partial charge in [-0.15, -0.1) is 0 Å². The first-order chi connectivity index (χ1) is 13.7. The molecule has 6 heteroatoms. The van der Waals surface area contributed by atoms with Gasteiger partial charge in [-0.25, -0.2) is 0 Å². The lowest BCUT2D eigenvalue weighted by Crippen LogP contribution is -2.52. The third kappa shape index (κ3) is 4.73. The Balaban J connectivity index is 1.28. The van der Waals surface area contributed by atoms with Gasteiger partial charge in [0.05, 0.1) is 5.69 Å². The van der Waals surface area contributed by atoms with Crippen molar-refractivity contribution in [1.82, 2.24) is 20.3 Å². The summed E-state index contributed by atoms with van der Waals surface area (Å²) in [6.45, 7) is 10.8. The minimum Gasteiger partial charge on any atom is -0.361 e. The van der Waals surface area contributed by atoms with Gasteiger partial charge in [0.2, 0.25) is 0 Å². The molecule has 2 fully saturated rings. The van der Waals surface area contributed by atoms with Crippen LogP contribution in [-0.2, 0) is 6.54 Å². The van der Waals surface area contributed by atoms with Crippen LogP contribution >= 0.6 is 0 Å². The van der Waals surface area contributed by atoms with Crippen molar-refractivity contribution in [2.24, 2.45) is 10.9 Å². The highest BCUT2D eigenvalue weighted by Gasteiger charge is 2.38. The van der Waals surface area contributed by atoms with Gasteiger partial charge < -0.3 is 14.7 Å². The topological polar surface area (TPSA) is 56.9 Å². The van der Waals surface area contributed by atoms with Crippen molar-refractivity contribution < 1.29 is 4.52 Å². The predicted octanol–water partition coefficient (Wildman–Crippen LogP) is 2.87. The predicted molar refractivity (Wildman–Crippen MR) is 111 cm³/mol. The van der Waals surface area contributed by atoms with Crippen LogP contribution < -0.4 is 5.32 Å². The molecule has 1 aliphatic heterocycles. The van der Waals surface area contributed by atoms with E-state index in [1.165, 1.54) is 12.0 Å². The van der Waals surface area contributed by atoms with Gasteiger partial charge in [-0.05, 0) is 37.7 Å². The Hall–Kier alpha value is -2.34. The summed E-state index contributed by atoms with van der Waals surface area (Å²) >= 11 is 0. The van der Waals surface area contributed by atoms with E-state index in [4.69, 9.17) is 9.52 Å². The minimum atomic E-state index is 0.688. The standard InChI is InChI=1S/C22H31N5O/c1-3-23-22(24-15-19-14-21(19)18-7-5-4-6-8-18)27-11-9-26(10-12-27)16-20-13-17(2)28-25-20/h4-8,13,19,21H,3,9-12,14-16H2,1-2H3,(H,23,24). The van der Waals surface area contributed by atoms with Crippen LogP contribution in [0.5, 0.6) is 0 Å². The first-order valence-corrected chi connectivity index (χ1v) is 10.5. The number of nitrogens with zero attached hydrogens (tertiary/aromatic N) is 4. The van der Waals surface area contributed by atoms with Crippen LogP contribution in [0.3, 0.4) is 0 Å². The lowest BCUT2D eigenvalue weighted by molar-refractivity contribution is 0.169. The van der Waals surface area contributed by atoms with Crippen LogP contribution in [0, 0.1) is 12.8 Å². The quantitative estimate of drug-likeness (QED) is 0.616. The number of guanidine groups is 1. The van der Waals surface area contributed by atoms with E-state index in [-0.39, 0.29) is 0 Å². The molecular weight excluding hydrogens is 350 g/mol. The summed E-state index contributed by atoms with van der Waals surface area (Å²) in [5, 5.41) is 7.60. The van der Waals surface area contributed by atoms with Gasteiger partial charge in [0.25, 0.3) is 0 Å². The number of benzene rings is 1. The number of aliphatic imine (C=N–C) groups is 1. The van der Waals surface area contributed by atoms with Crippen LogP contribution in [-0.4, -0.2) is 60.2 Å². The fourth-order valence-electron chi connectivity index (χ4n) is 4.03. The van der Waals surface area contributed by atoms with E-state index in [0.717, 1.165) is 63.2 Å². The summed E-state index contributed by atoms with van der Waals surface area (Å²) < 4.78 is 5.18. The van der Waals surface area contributed by atoms with Crippen molar-refractivity contribution in [3.05, 3.63) is 53.4 Å². The summed E-state index contributed by atoms with van der Waals surface area (Å²) in [6.07, 6.45) is 1.26. The van der Waals surface area contributed by atoms with E-state index in [9.17, 15) is 0 Å². The van der Waals surface area contributed by atoms with Crippen molar-refractivity contribution in [2.45, 2.75) is 32.7 Å². The Morgan fingerprint density at radius 1 is 1.21 bits per heavy atom. The fourth-order valence-corrected chi connectivity index (χ4v) is 4.03. The molecule has 0 radical (unpaired) electrons. The molecule has 2 heterocycles. The molecule has 2 unspecified atom stereocenters. The second-order valence-corrected chi connectivity index (χ2v) is 7.90. The summed E-state index contributed by atoms with van der Waals surface area (Å²) in [4.78, 5) is 9.80. The fraction of sp³-hybridized carbons (Fsp3) is 0.545. The molecule has 0 spiro atoms. The maximum absolute atomic E-state index is 5.18. The molecule has 6 nitrogen and oxygen atoms in total. The van der Waals surface area contributed by atoms with Gasteiger partial charge in [-0.3, -0.25) is 9.89 Å². The van der Waals surface area contributed by atoms with E-state index in [1.807, 2.05) is 13.0 Å². The maximum atomic E-state index is 5.18. The van der Waals surface area contributed by atoms with Gasteiger partial charge in [-0.2, -0.15) is 0 Å². The molecule has 1 N–H and O–H groups in total. The zero-order valence-electron chi connectivity index (χ0n) is 17.0. The van der Waals surface area contributed by atoms with E-state index < -0.39 is 0 Å². The zero-order valence-corrected chi connectivity index (χ0v) is 17.0. The summed E-state index contributed by atoms with van der Waals surface area (Å²) in [5.41, 5.74) is 2.48. The smallest absolute Gasteiger partial charge is 0.194 e. The van der Waals surface area contributed by atoms with Gasteiger partial charge in [0.15, 0.2) is 5.96 Å². The molecule has 2 aliphatic rings.